The molecule has 2 amide bonds. The first-order valence-electron chi connectivity index (χ1n) is 8.64. The molecule has 0 radical (unpaired) electrons. The molecule has 2 aromatic heterocycles. The van der Waals surface area contributed by atoms with E-state index in [-0.39, 0.29) is 11.6 Å². The van der Waals surface area contributed by atoms with Crippen molar-refractivity contribution >= 4 is 56.6 Å². The fourth-order valence-electron chi connectivity index (χ4n) is 2.83. The maximum atomic E-state index is 13.0. The summed E-state index contributed by atoms with van der Waals surface area (Å²) in [6, 6.07) is 11.8. The van der Waals surface area contributed by atoms with Crippen molar-refractivity contribution in [3.63, 3.8) is 0 Å². The SMILES string of the molecule is O=C(NC1(C(=O)Nc2ccccc2Cl)CC1)c1cc(Br)nn1-c1ncccc1Cl. The first-order chi connectivity index (χ1) is 13.9. The summed E-state index contributed by atoms with van der Waals surface area (Å²) in [5, 5.41) is 10.6. The van der Waals surface area contributed by atoms with Crippen LogP contribution in [-0.4, -0.2) is 32.1 Å². The molecule has 148 valence electrons. The standard InChI is InChI=1S/C19H14BrCl2N5O2/c20-15-10-14(27(26-15)16-12(22)5-3-9-23-16)17(28)25-19(7-8-19)18(29)24-13-6-2-1-4-11(13)21/h1-6,9-10H,7-8H2,(H,24,29)(H,25,28). The zero-order valence-corrected chi connectivity index (χ0v) is 17.9. The van der Waals surface area contributed by atoms with Crippen molar-refractivity contribution in [2.75, 3.05) is 5.32 Å². The number of halogens is 3. The fraction of sp³-hybridized carbons (Fsp3) is 0.158. The number of carbonyl (C=O) groups is 2. The summed E-state index contributed by atoms with van der Waals surface area (Å²) < 4.78 is 1.78. The quantitative estimate of drug-likeness (QED) is 0.555. The van der Waals surface area contributed by atoms with Crippen molar-refractivity contribution in [3.05, 3.63) is 69.0 Å². The van der Waals surface area contributed by atoms with Gasteiger partial charge in [-0.05, 0) is 53.0 Å². The van der Waals surface area contributed by atoms with E-state index in [0.29, 0.717) is 39.0 Å². The Bertz CT molecular complexity index is 1110. The van der Waals surface area contributed by atoms with Crippen LogP contribution in [0.5, 0.6) is 0 Å². The molecule has 1 saturated carbocycles. The van der Waals surface area contributed by atoms with E-state index in [2.05, 4.69) is 36.6 Å². The van der Waals surface area contributed by atoms with E-state index in [1.54, 1.807) is 48.7 Å². The summed E-state index contributed by atoms with van der Waals surface area (Å²) >= 11 is 15.6. The van der Waals surface area contributed by atoms with Crippen LogP contribution in [0, 0.1) is 0 Å². The molecule has 2 N–H and O–H groups in total. The average molecular weight is 495 g/mol. The van der Waals surface area contributed by atoms with Gasteiger partial charge in [-0.15, -0.1) is 0 Å². The molecule has 0 aliphatic heterocycles. The average Bonchev–Trinajstić information content (AvgIpc) is 3.37. The zero-order chi connectivity index (χ0) is 20.6. The van der Waals surface area contributed by atoms with E-state index < -0.39 is 11.4 Å². The normalized spacial score (nSPS) is 14.3. The lowest BCUT2D eigenvalue weighted by molar-refractivity contribution is -0.118. The molecular formula is C19H14BrCl2N5O2. The maximum absolute atomic E-state index is 13.0. The largest absolute Gasteiger partial charge is 0.336 e. The predicted molar refractivity (Wildman–Crippen MR) is 114 cm³/mol. The molecular weight excluding hydrogens is 481 g/mol. The Morgan fingerprint density at radius 2 is 1.83 bits per heavy atom. The minimum atomic E-state index is -0.994. The molecule has 1 aliphatic rings. The summed E-state index contributed by atoms with van der Waals surface area (Å²) in [5.74, 6) is -0.466. The van der Waals surface area contributed by atoms with Crippen molar-refractivity contribution in [1.29, 1.82) is 0 Å². The Morgan fingerprint density at radius 1 is 1.10 bits per heavy atom. The number of hydrogen-bond donors (Lipinski definition) is 2. The fourth-order valence-corrected chi connectivity index (χ4v) is 3.59. The van der Waals surface area contributed by atoms with E-state index in [4.69, 9.17) is 23.2 Å². The third-order valence-electron chi connectivity index (χ3n) is 4.51. The number of para-hydroxylation sites is 1. The maximum Gasteiger partial charge on any atom is 0.270 e. The molecule has 10 heteroatoms. The van der Waals surface area contributed by atoms with Crippen molar-refractivity contribution in [2.45, 2.75) is 18.4 Å². The molecule has 0 spiro atoms. The highest BCUT2D eigenvalue weighted by atomic mass is 79.9. The van der Waals surface area contributed by atoms with Gasteiger partial charge in [-0.3, -0.25) is 9.59 Å². The second-order valence-electron chi connectivity index (χ2n) is 6.54. The van der Waals surface area contributed by atoms with E-state index in [1.165, 1.54) is 4.68 Å². The summed E-state index contributed by atoms with van der Waals surface area (Å²) in [5.41, 5.74) is -0.298. The van der Waals surface area contributed by atoms with Crippen molar-refractivity contribution in [2.24, 2.45) is 0 Å². The van der Waals surface area contributed by atoms with Gasteiger partial charge < -0.3 is 10.6 Å². The van der Waals surface area contributed by atoms with Gasteiger partial charge in [0, 0.05) is 12.3 Å². The zero-order valence-electron chi connectivity index (χ0n) is 14.8. The number of anilines is 1. The van der Waals surface area contributed by atoms with Crippen LogP contribution in [-0.2, 0) is 4.79 Å². The molecule has 2 heterocycles. The molecule has 0 unspecified atom stereocenters. The number of nitrogens with zero attached hydrogens (tertiary/aromatic N) is 3. The van der Waals surface area contributed by atoms with Crippen LogP contribution in [0.1, 0.15) is 23.3 Å². The van der Waals surface area contributed by atoms with Crippen molar-refractivity contribution < 1.29 is 9.59 Å². The van der Waals surface area contributed by atoms with E-state index in [1.807, 2.05) is 0 Å². The smallest absolute Gasteiger partial charge is 0.270 e. The Kier molecular flexibility index (Phi) is 5.33. The Balaban J connectivity index is 1.57. The number of benzene rings is 1. The lowest BCUT2D eigenvalue weighted by Gasteiger charge is -2.18. The summed E-state index contributed by atoms with van der Waals surface area (Å²) in [6.07, 6.45) is 2.60. The Morgan fingerprint density at radius 3 is 2.52 bits per heavy atom. The van der Waals surface area contributed by atoms with Gasteiger partial charge in [0.05, 0.1) is 15.7 Å². The molecule has 4 rings (SSSR count). The highest BCUT2D eigenvalue weighted by Gasteiger charge is 2.51. The van der Waals surface area contributed by atoms with Gasteiger partial charge in [-0.25, -0.2) is 9.67 Å². The first-order valence-corrected chi connectivity index (χ1v) is 10.2. The molecule has 1 aliphatic carbocycles. The number of nitrogens with one attached hydrogen (secondary N) is 2. The second kappa shape index (κ2) is 7.78. The molecule has 0 saturated heterocycles. The minimum absolute atomic E-state index is 0.203. The van der Waals surface area contributed by atoms with Crippen molar-refractivity contribution in [1.82, 2.24) is 20.1 Å². The van der Waals surface area contributed by atoms with E-state index >= 15 is 0 Å². The number of aromatic nitrogens is 3. The van der Waals surface area contributed by atoms with Gasteiger partial charge in [-0.2, -0.15) is 5.10 Å². The van der Waals surface area contributed by atoms with Crippen molar-refractivity contribution in [3.8, 4) is 5.82 Å². The van der Waals surface area contributed by atoms with Crippen LogP contribution in [0.3, 0.4) is 0 Å². The lowest BCUT2D eigenvalue weighted by atomic mass is 10.2. The van der Waals surface area contributed by atoms with E-state index in [9.17, 15) is 9.59 Å². The summed E-state index contributed by atoms with van der Waals surface area (Å²) in [6.45, 7) is 0. The van der Waals surface area contributed by atoms with Crippen LogP contribution in [0.15, 0.2) is 53.3 Å². The summed E-state index contributed by atoms with van der Waals surface area (Å²) in [4.78, 5) is 29.9. The Labute approximate surface area is 184 Å². The minimum Gasteiger partial charge on any atom is -0.336 e. The van der Waals surface area contributed by atoms with Crippen LogP contribution < -0.4 is 10.6 Å². The van der Waals surface area contributed by atoms with Crippen LogP contribution in [0.25, 0.3) is 5.82 Å². The first kappa shape index (κ1) is 19.9. The molecule has 7 nitrogen and oxygen atoms in total. The molecule has 3 aromatic rings. The van der Waals surface area contributed by atoms with Crippen LogP contribution in [0.2, 0.25) is 10.0 Å². The third-order valence-corrected chi connectivity index (χ3v) is 5.52. The van der Waals surface area contributed by atoms with Gasteiger partial charge in [0.25, 0.3) is 5.91 Å². The highest BCUT2D eigenvalue weighted by Crippen LogP contribution is 2.37. The molecule has 0 atom stereocenters. The predicted octanol–water partition coefficient (Wildman–Crippen LogP) is 4.24. The lowest BCUT2D eigenvalue weighted by Crippen LogP contribution is -2.46. The highest BCUT2D eigenvalue weighted by molar-refractivity contribution is 9.10. The van der Waals surface area contributed by atoms with Gasteiger partial charge in [0.1, 0.15) is 15.8 Å². The Hall–Kier alpha value is -2.42. The number of amides is 2. The van der Waals surface area contributed by atoms with Gasteiger partial charge in [0.2, 0.25) is 5.91 Å². The monoisotopic (exact) mass is 493 g/mol. The number of carbonyl (C=O) groups excluding carboxylic acids is 2. The van der Waals surface area contributed by atoms with Gasteiger partial charge in [-0.1, -0.05) is 35.3 Å². The molecule has 1 aromatic carbocycles. The second-order valence-corrected chi connectivity index (χ2v) is 8.17. The van der Waals surface area contributed by atoms with Crippen LogP contribution >= 0.6 is 39.1 Å². The van der Waals surface area contributed by atoms with Gasteiger partial charge in [0.15, 0.2) is 5.82 Å². The number of rotatable bonds is 5. The number of hydrogen-bond acceptors (Lipinski definition) is 4. The number of pyridine rings is 1. The van der Waals surface area contributed by atoms with Gasteiger partial charge >= 0.3 is 0 Å². The molecule has 1 fully saturated rings. The molecule has 0 bridgehead atoms. The van der Waals surface area contributed by atoms with E-state index in [0.717, 1.165) is 0 Å². The van der Waals surface area contributed by atoms with Crippen LogP contribution in [0.4, 0.5) is 5.69 Å². The molecule has 29 heavy (non-hydrogen) atoms. The topological polar surface area (TPSA) is 88.9 Å². The third kappa shape index (κ3) is 4.01. The summed E-state index contributed by atoms with van der Waals surface area (Å²) in [7, 11) is 0.